The first-order valence-corrected chi connectivity index (χ1v) is 3.19. The first-order chi connectivity index (χ1) is 4.84. The van der Waals surface area contributed by atoms with E-state index in [0.717, 1.165) is 0 Å². The number of carbonyl (C=O) groups excluding carboxylic acids is 2. The Hall–Kier alpha value is -1.10. The predicted octanol–water partition coefficient (Wildman–Crippen LogP) is -1.67. The van der Waals surface area contributed by atoms with Crippen molar-refractivity contribution in [1.82, 2.24) is 5.32 Å². The Kier molecular flexibility index (Phi) is 3.00. The Balaban J connectivity index is 3.80. The third kappa shape index (κ3) is 4.32. The molecule has 0 saturated carbocycles. The lowest BCUT2D eigenvalue weighted by atomic mass is 10.1. The lowest BCUT2D eigenvalue weighted by Gasteiger charge is -2.16. The van der Waals surface area contributed by atoms with Crippen molar-refractivity contribution < 1.29 is 9.59 Å². The molecule has 0 spiro atoms. The highest BCUT2D eigenvalue weighted by atomic mass is 16.2. The number of hydrogen-bond acceptors (Lipinski definition) is 3. The van der Waals surface area contributed by atoms with Crippen molar-refractivity contribution in [3.8, 4) is 0 Å². The number of primary amides is 1. The minimum absolute atomic E-state index is 0.167. The minimum atomic E-state index is -0.963. The minimum Gasteiger partial charge on any atom is -0.368 e. The molecule has 0 aromatic rings. The highest BCUT2D eigenvalue weighted by Crippen LogP contribution is 1.94. The Morgan fingerprint density at radius 3 is 2.18 bits per heavy atom. The molecule has 64 valence electrons. The molecule has 0 atom stereocenters. The van der Waals surface area contributed by atoms with Crippen molar-refractivity contribution in [2.45, 2.75) is 19.4 Å². The van der Waals surface area contributed by atoms with E-state index in [1.165, 1.54) is 0 Å². The van der Waals surface area contributed by atoms with E-state index in [0.29, 0.717) is 0 Å². The average Bonchev–Trinajstić information content (AvgIpc) is 1.80. The molecule has 11 heavy (non-hydrogen) atoms. The molecule has 5 nitrogen and oxygen atoms in total. The molecule has 0 fully saturated rings. The summed E-state index contributed by atoms with van der Waals surface area (Å²) in [6.45, 7) is 2.92. The first kappa shape index (κ1) is 9.90. The van der Waals surface area contributed by atoms with Crippen LogP contribution in [-0.2, 0) is 9.59 Å². The molecule has 0 heterocycles. The summed E-state index contributed by atoms with van der Waals surface area (Å²) in [5.74, 6) is -0.973. The molecule has 0 aromatic heterocycles. The Labute approximate surface area is 65.1 Å². The predicted molar refractivity (Wildman–Crippen MR) is 40.5 cm³/mol. The number of nitrogens with two attached hydrogens (primary N) is 2. The maximum Gasteiger partial charge on any atom is 0.239 e. The molecular formula is C6H13N3O2. The summed E-state index contributed by atoms with van der Waals surface area (Å²) in [4.78, 5) is 21.1. The topological polar surface area (TPSA) is 98.2 Å². The average molecular weight is 159 g/mol. The SMILES string of the molecule is CC(C)(N)C(=O)NCC(N)=O. The molecule has 0 rings (SSSR count). The van der Waals surface area contributed by atoms with Gasteiger partial charge in [-0.3, -0.25) is 9.59 Å². The number of carbonyl (C=O) groups is 2. The fourth-order valence-corrected chi connectivity index (χ4v) is 0.395. The largest absolute Gasteiger partial charge is 0.368 e. The molecule has 0 bridgehead atoms. The van der Waals surface area contributed by atoms with Crippen LogP contribution in [0.25, 0.3) is 0 Å². The number of hydrogen-bond donors (Lipinski definition) is 3. The van der Waals surface area contributed by atoms with E-state index in [1.54, 1.807) is 13.8 Å². The first-order valence-electron chi connectivity index (χ1n) is 3.19. The van der Waals surface area contributed by atoms with E-state index in [2.05, 4.69) is 5.32 Å². The van der Waals surface area contributed by atoms with Gasteiger partial charge in [0, 0.05) is 0 Å². The van der Waals surface area contributed by atoms with Crippen molar-refractivity contribution >= 4 is 11.8 Å². The van der Waals surface area contributed by atoms with Crippen LogP contribution in [0, 0.1) is 0 Å². The van der Waals surface area contributed by atoms with Gasteiger partial charge in [-0.2, -0.15) is 0 Å². The summed E-state index contributed by atoms with van der Waals surface area (Å²) in [6, 6.07) is 0. The molecule has 5 heteroatoms. The molecule has 5 N–H and O–H groups in total. The number of nitrogens with one attached hydrogen (secondary N) is 1. The fourth-order valence-electron chi connectivity index (χ4n) is 0.395. The molecule has 0 saturated heterocycles. The Morgan fingerprint density at radius 2 is 1.91 bits per heavy atom. The second-order valence-corrected chi connectivity index (χ2v) is 2.87. The van der Waals surface area contributed by atoms with E-state index in [9.17, 15) is 9.59 Å². The van der Waals surface area contributed by atoms with Crippen LogP contribution in [0.1, 0.15) is 13.8 Å². The van der Waals surface area contributed by atoms with E-state index in [-0.39, 0.29) is 6.54 Å². The van der Waals surface area contributed by atoms with Gasteiger partial charge in [0.2, 0.25) is 11.8 Å². The summed E-state index contributed by atoms with van der Waals surface area (Å²) in [7, 11) is 0. The van der Waals surface area contributed by atoms with Crippen LogP contribution < -0.4 is 16.8 Å². The maximum absolute atomic E-state index is 10.9. The second kappa shape index (κ2) is 3.34. The van der Waals surface area contributed by atoms with Crippen LogP contribution in [0.5, 0.6) is 0 Å². The van der Waals surface area contributed by atoms with Gasteiger partial charge in [-0.15, -0.1) is 0 Å². The highest BCUT2D eigenvalue weighted by molar-refractivity contribution is 5.88. The van der Waals surface area contributed by atoms with Crippen LogP contribution in [0.3, 0.4) is 0 Å². The number of amides is 2. The van der Waals surface area contributed by atoms with Crippen molar-refractivity contribution in [3.05, 3.63) is 0 Å². The van der Waals surface area contributed by atoms with Crippen molar-refractivity contribution in [2.75, 3.05) is 6.54 Å². The van der Waals surface area contributed by atoms with E-state index < -0.39 is 17.4 Å². The van der Waals surface area contributed by atoms with Crippen molar-refractivity contribution in [2.24, 2.45) is 11.5 Å². The van der Waals surface area contributed by atoms with Crippen molar-refractivity contribution in [3.63, 3.8) is 0 Å². The van der Waals surface area contributed by atoms with Crippen LogP contribution in [-0.4, -0.2) is 23.9 Å². The second-order valence-electron chi connectivity index (χ2n) is 2.87. The quantitative estimate of drug-likeness (QED) is 0.459. The van der Waals surface area contributed by atoms with Gasteiger partial charge in [-0.1, -0.05) is 0 Å². The molecule has 0 unspecified atom stereocenters. The fraction of sp³-hybridized carbons (Fsp3) is 0.667. The van der Waals surface area contributed by atoms with Gasteiger partial charge in [0.25, 0.3) is 0 Å². The standard InChI is InChI=1S/C6H13N3O2/c1-6(2,8)5(11)9-3-4(7)10/h3,8H2,1-2H3,(H2,7,10)(H,9,11). The molecular weight excluding hydrogens is 146 g/mol. The van der Waals surface area contributed by atoms with Gasteiger partial charge in [0.15, 0.2) is 0 Å². The summed E-state index contributed by atoms with van der Waals surface area (Å²) < 4.78 is 0. The zero-order chi connectivity index (χ0) is 9.07. The van der Waals surface area contributed by atoms with E-state index in [4.69, 9.17) is 11.5 Å². The van der Waals surface area contributed by atoms with E-state index in [1.807, 2.05) is 0 Å². The van der Waals surface area contributed by atoms with Gasteiger partial charge in [-0.25, -0.2) is 0 Å². The third-order valence-electron chi connectivity index (χ3n) is 1.01. The smallest absolute Gasteiger partial charge is 0.239 e. The molecule has 0 aliphatic carbocycles. The summed E-state index contributed by atoms with van der Waals surface area (Å²) in [5, 5.41) is 2.28. The van der Waals surface area contributed by atoms with Gasteiger partial charge in [0.1, 0.15) is 0 Å². The van der Waals surface area contributed by atoms with Crippen molar-refractivity contribution in [1.29, 1.82) is 0 Å². The molecule has 0 radical (unpaired) electrons. The normalized spacial score (nSPS) is 10.8. The summed E-state index contributed by atoms with van der Waals surface area (Å²) in [5.41, 5.74) is 9.23. The van der Waals surface area contributed by atoms with Gasteiger partial charge in [0.05, 0.1) is 12.1 Å². The third-order valence-corrected chi connectivity index (χ3v) is 1.01. The maximum atomic E-state index is 10.9. The Morgan fingerprint density at radius 1 is 1.45 bits per heavy atom. The highest BCUT2D eigenvalue weighted by Gasteiger charge is 2.21. The summed E-state index contributed by atoms with van der Waals surface area (Å²) >= 11 is 0. The van der Waals surface area contributed by atoms with Crippen LogP contribution in [0.2, 0.25) is 0 Å². The molecule has 0 aliphatic heterocycles. The van der Waals surface area contributed by atoms with E-state index >= 15 is 0 Å². The molecule has 2 amide bonds. The monoisotopic (exact) mass is 159 g/mol. The van der Waals surface area contributed by atoms with Crippen LogP contribution in [0.15, 0.2) is 0 Å². The Bertz CT molecular complexity index is 171. The van der Waals surface area contributed by atoms with Gasteiger partial charge in [-0.05, 0) is 13.8 Å². The van der Waals surface area contributed by atoms with Crippen LogP contribution in [0.4, 0.5) is 0 Å². The number of rotatable bonds is 3. The lowest BCUT2D eigenvalue weighted by Crippen LogP contribution is -2.50. The molecule has 0 aromatic carbocycles. The van der Waals surface area contributed by atoms with Gasteiger partial charge >= 0.3 is 0 Å². The van der Waals surface area contributed by atoms with Crippen LogP contribution >= 0.6 is 0 Å². The lowest BCUT2D eigenvalue weighted by molar-refractivity contribution is -0.127. The van der Waals surface area contributed by atoms with Gasteiger partial charge < -0.3 is 16.8 Å². The zero-order valence-electron chi connectivity index (χ0n) is 6.68. The zero-order valence-corrected chi connectivity index (χ0v) is 6.68. The molecule has 0 aliphatic rings. The summed E-state index contributed by atoms with van der Waals surface area (Å²) in [6.07, 6.45) is 0.